The first-order valence-electron chi connectivity index (χ1n) is 6.72. The van der Waals surface area contributed by atoms with E-state index in [1.54, 1.807) is 7.11 Å². The maximum absolute atomic E-state index is 9.77. The van der Waals surface area contributed by atoms with Crippen molar-refractivity contribution < 1.29 is 14.6 Å². The second-order valence-corrected chi connectivity index (χ2v) is 4.90. The van der Waals surface area contributed by atoms with Crippen LogP contribution in [0.5, 0.6) is 0 Å². The molecule has 0 saturated carbocycles. The van der Waals surface area contributed by atoms with Crippen molar-refractivity contribution in [1.29, 1.82) is 0 Å². The summed E-state index contributed by atoms with van der Waals surface area (Å²) in [7, 11) is 1.62. The summed E-state index contributed by atoms with van der Waals surface area (Å²) in [6.45, 7) is 4.30. The van der Waals surface area contributed by atoms with E-state index >= 15 is 0 Å². The van der Waals surface area contributed by atoms with Crippen LogP contribution in [0.15, 0.2) is 12.2 Å². The van der Waals surface area contributed by atoms with Gasteiger partial charge >= 0.3 is 0 Å². The first-order valence-corrected chi connectivity index (χ1v) is 6.72. The topological polar surface area (TPSA) is 38.7 Å². The summed E-state index contributed by atoms with van der Waals surface area (Å²) in [5.74, 6) is 0.328. The van der Waals surface area contributed by atoms with E-state index in [-0.39, 0.29) is 12.2 Å². The Balaban J connectivity index is 2.31. The Morgan fingerprint density at radius 3 is 2.76 bits per heavy atom. The molecule has 1 unspecified atom stereocenters. The Kier molecular flexibility index (Phi) is 6.78. The largest absolute Gasteiger partial charge is 0.376 e. The first kappa shape index (κ1) is 14.7. The molecule has 4 atom stereocenters. The lowest BCUT2D eigenvalue weighted by Crippen LogP contribution is -2.44. The number of unbranched alkanes of at least 4 members (excludes halogenated alkanes) is 3. The van der Waals surface area contributed by atoms with Gasteiger partial charge in [-0.15, -0.1) is 0 Å². The third-order valence-electron chi connectivity index (χ3n) is 3.36. The van der Waals surface area contributed by atoms with Crippen molar-refractivity contribution in [1.82, 2.24) is 0 Å². The van der Waals surface area contributed by atoms with Crippen LogP contribution in [0, 0.1) is 5.92 Å². The molecular formula is C14H26O3. The van der Waals surface area contributed by atoms with E-state index in [2.05, 4.69) is 26.0 Å². The third kappa shape index (κ3) is 4.78. The molecule has 0 amide bonds. The molecule has 0 bridgehead atoms. The van der Waals surface area contributed by atoms with Crippen LogP contribution >= 0.6 is 0 Å². The quantitative estimate of drug-likeness (QED) is 0.575. The Morgan fingerprint density at radius 1 is 1.41 bits per heavy atom. The van der Waals surface area contributed by atoms with Crippen molar-refractivity contribution in [2.24, 2.45) is 5.92 Å². The monoisotopic (exact) mass is 242 g/mol. The second-order valence-electron chi connectivity index (χ2n) is 4.90. The number of methoxy groups -OCH3 is 1. The molecule has 1 N–H and O–H groups in total. The minimum Gasteiger partial charge on any atom is -0.376 e. The number of ether oxygens (including phenoxy) is 2. The van der Waals surface area contributed by atoms with E-state index < -0.39 is 6.29 Å². The van der Waals surface area contributed by atoms with E-state index in [9.17, 15) is 5.11 Å². The summed E-state index contributed by atoms with van der Waals surface area (Å²) >= 11 is 0. The van der Waals surface area contributed by atoms with E-state index in [1.807, 2.05) is 0 Å². The van der Waals surface area contributed by atoms with E-state index in [0.29, 0.717) is 5.92 Å². The third-order valence-corrected chi connectivity index (χ3v) is 3.36. The molecule has 0 spiro atoms. The summed E-state index contributed by atoms with van der Waals surface area (Å²) in [5.41, 5.74) is 0. The molecule has 100 valence electrons. The van der Waals surface area contributed by atoms with Crippen molar-refractivity contribution in [2.45, 2.75) is 64.4 Å². The normalized spacial score (nSPS) is 34.4. The van der Waals surface area contributed by atoms with Gasteiger partial charge in [-0.1, -0.05) is 38.8 Å². The van der Waals surface area contributed by atoms with Crippen LogP contribution in [0.1, 0.15) is 46.0 Å². The summed E-state index contributed by atoms with van der Waals surface area (Å²) < 4.78 is 10.7. The Bertz CT molecular complexity index is 216. The predicted molar refractivity (Wildman–Crippen MR) is 68.7 cm³/mol. The SMILES string of the molecule is CCCCC/C=C/C1C[C@H](C)[C@H](OC)[C@H](O)O1. The fourth-order valence-corrected chi connectivity index (χ4v) is 2.33. The highest BCUT2D eigenvalue weighted by molar-refractivity contribution is 4.94. The van der Waals surface area contributed by atoms with E-state index in [4.69, 9.17) is 9.47 Å². The molecule has 0 aromatic rings. The molecule has 3 nitrogen and oxygen atoms in total. The number of hydrogen-bond acceptors (Lipinski definition) is 3. The van der Waals surface area contributed by atoms with Gasteiger partial charge in [0.05, 0.1) is 6.10 Å². The van der Waals surface area contributed by atoms with Crippen molar-refractivity contribution >= 4 is 0 Å². The molecule has 1 aliphatic heterocycles. The smallest absolute Gasteiger partial charge is 0.182 e. The highest BCUT2D eigenvalue weighted by Crippen LogP contribution is 2.26. The van der Waals surface area contributed by atoms with Gasteiger partial charge in [0.1, 0.15) is 6.10 Å². The lowest BCUT2D eigenvalue weighted by molar-refractivity contribution is -0.228. The van der Waals surface area contributed by atoms with Crippen molar-refractivity contribution in [3.63, 3.8) is 0 Å². The molecule has 1 fully saturated rings. The molecule has 1 aliphatic rings. The summed E-state index contributed by atoms with van der Waals surface area (Å²) in [6.07, 6.45) is 9.08. The van der Waals surface area contributed by atoms with Gasteiger partial charge in [-0.25, -0.2) is 0 Å². The van der Waals surface area contributed by atoms with Gasteiger partial charge < -0.3 is 14.6 Å². The lowest BCUT2D eigenvalue weighted by atomic mass is 9.93. The zero-order valence-corrected chi connectivity index (χ0v) is 11.3. The maximum Gasteiger partial charge on any atom is 0.182 e. The summed E-state index contributed by atoms with van der Waals surface area (Å²) in [4.78, 5) is 0. The number of rotatable bonds is 6. The molecule has 0 aromatic heterocycles. The average molecular weight is 242 g/mol. The predicted octanol–water partition coefficient (Wildman–Crippen LogP) is 2.88. The fourth-order valence-electron chi connectivity index (χ4n) is 2.33. The Labute approximate surface area is 105 Å². The van der Waals surface area contributed by atoms with E-state index in [0.717, 1.165) is 12.8 Å². The highest BCUT2D eigenvalue weighted by atomic mass is 16.6. The molecule has 1 heterocycles. The van der Waals surface area contributed by atoms with Crippen molar-refractivity contribution in [3.8, 4) is 0 Å². The van der Waals surface area contributed by atoms with Gasteiger partial charge in [-0.05, 0) is 25.2 Å². The number of aliphatic hydroxyl groups is 1. The summed E-state index contributed by atoms with van der Waals surface area (Å²) in [5, 5.41) is 9.77. The molecule has 0 aromatic carbocycles. The van der Waals surface area contributed by atoms with Crippen LogP contribution in [0.3, 0.4) is 0 Å². The van der Waals surface area contributed by atoms with Gasteiger partial charge in [-0.3, -0.25) is 0 Å². The maximum atomic E-state index is 9.77. The van der Waals surface area contributed by atoms with Crippen LogP contribution in [0.2, 0.25) is 0 Å². The van der Waals surface area contributed by atoms with E-state index in [1.165, 1.54) is 19.3 Å². The van der Waals surface area contributed by atoms with Crippen LogP contribution in [-0.4, -0.2) is 30.7 Å². The van der Waals surface area contributed by atoms with Gasteiger partial charge in [0.15, 0.2) is 6.29 Å². The van der Waals surface area contributed by atoms with Crippen molar-refractivity contribution in [3.05, 3.63) is 12.2 Å². The fraction of sp³-hybridized carbons (Fsp3) is 0.857. The molecule has 3 heteroatoms. The van der Waals surface area contributed by atoms with Gasteiger partial charge in [0.25, 0.3) is 0 Å². The highest BCUT2D eigenvalue weighted by Gasteiger charge is 2.34. The first-order chi connectivity index (χ1) is 8.19. The Hall–Kier alpha value is -0.380. The average Bonchev–Trinajstić information content (AvgIpc) is 2.28. The minimum atomic E-state index is -0.797. The van der Waals surface area contributed by atoms with Gasteiger partial charge in [0.2, 0.25) is 0 Å². The minimum absolute atomic E-state index is 0.0352. The van der Waals surface area contributed by atoms with Gasteiger partial charge in [-0.2, -0.15) is 0 Å². The van der Waals surface area contributed by atoms with Crippen LogP contribution < -0.4 is 0 Å². The zero-order chi connectivity index (χ0) is 12.7. The van der Waals surface area contributed by atoms with Crippen LogP contribution in [0.25, 0.3) is 0 Å². The molecule has 1 saturated heterocycles. The van der Waals surface area contributed by atoms with Crippen LogP contribution in [-0.2, 0) is 9.47 Å². The molecular weight excluding hydrogens is 216 g/mol. The number of hydrogen-bond donors (Lipinski definition) is 1. The zero-order valence-electron chi connectivity index (χ0n) is 11.3. The standard InChI is InChI=1S/C14H26O3/c1-4-5-6-7-8-9-12-10-11(2)13(16-3)14(15)17-12/h8-9,11-15H,4-7,10H2,1-3H3/b9-8+/t11-,12?,13-,14+/m0/s1. The molecule has 0 aliphatic carbocycles. The molecule has 0 radical (unpaired) electrons. The number of allylic oxidation sites excluding steroid dienone is 1. The summed E-state index contributed by atoms with van der Waals surface area (Å²) in [6, 6.07) is 0. The van der Waals surface area contributed by atoms with Crippen molar-refractivity contribution in [2.75, 3.05) is 7.11 Å². The molecule has 1 rings (SSSR count). The van der Waals surface area contributed by atoms with Gasteiger partial charge in [0, 0.05) is 7.11 Å². The second kappa shape index (κ2) is 7.85. The van der Waals surface area contributed by atoms with Crippen LogP contribution in [0.4, 0.5) is 0 Å². The number of aliphatic hydroxyl groups excluding tert-OH is 1. The Morgan fingerprint density at radius 2 is 2.18 bits per heavy atom. The lowest BCUT2D eigenvalue weighted by Gasteiger charge is -2.36. The molecule has 17 heavy (non-hydrogen) atoms.